The Bertz CT molecular complexity index is 685. The summed E-state index contributed by atoms with van der Waals surface area (Å²) in [7, 11) is 0. The Morgan fingerprint density at radius 2 is 2.13 bits per heavy atom. The van der Waals surface area contributed by atoms with Crippen molar-refractivity contribution >= 4 is 5.91 Å². The summed E-state index contributed by atoms with van der Waals surface area (Å²) in [5.41, 5.74) is 1.56. The third-order valence-corrected chi connectivity index (χ3v) is 4.69. The van der Waals surface area contributed by atoms with E-state index in [-0.39, 0.29) is 18.1 Å². The average Bonchev–Trinajstić information content (AvgIpc) is 3.24. The van der Waals surface area contributed by atoms with Crippen LogP contribution in [0, 0.1) is 0 Å². The van der Waals surface area contributed by atoms with E-state index in [2.05, 4.69) is 10.3 Å². The number of fused-ring (bicyclic) bond motifs is 1. The van der Waals surface area contributed by atoms with Crippen molar-refractivity contribution in [3.63, 3.8) is 0 Å². The van der Waals surface area contributed by atoms with E-state index >= 15 is 0 Å². The van der Waals surface area contributed by atoms with E-state index in [1.54, 1.807) is 10.9 Å². The molecule has 2 atom stereocenters. The molecule has 23 heavy (non-hydrogen) atoms. The minimum Gasteiger partial charge on any atom is -0.374 e. The summed E-state index contributed by atoms with van der Waals surface area (Å²) in [6, 6.07) is 10.2. The van der Waals surface area contributed by atoms with Gasteiger partial charge in [0.05, 0.1) is 31.5 Å². The van der Waals surface area contributed by atoms with E-state index in [0.29, 0.717) is 25.4 Å². The summed E-state index contributed by atoms with van der Waals surface area (Å²) in [6.45, 7) is 1.88. The molecule has 0 N–H and O–H groups in total. The third-order valence-electron chi connectivity index (χ3n) is 4.69. The second kappa shape index (κ2) is 6.12. The second-order valence-electron chi connectivity index (χ2n) is 6.19. The van der Waals surface area contributed by atoms with Crippen LogP contribution < -0.4 is 0 Å². The third kappa shape index (κ3) is 2.86. The minimum atomic E-state index is -0.0236. The van der Waals surface area contributed by atoms with E-state index in [0.717, 1.165) is 24.8 Å². The first kappa shape index (κ1) is 14.4. The number of benzene rings is 1. The highest BCUT2D eigenvalue weighted by Crippen LogP contribution is 2.30. The molecule has 1 aliphatic carbocycles. The molecule has 1 aliphatic heterocycles. The Kier molecular flexibility index (Phi) is 3.83. The fourth-order valence-electron chi connectivity index (χ4n) is 3.57. The molecule has 1 amide bonds. The lowest BCUT2D eigenvalue weighted by atomic mass is 10.1. The summed E-state index contributed by atoms with van der Waals surface area (Å²) < 4.78 is 7.48. The Morgan fingerprint density at radius 3 is 3.00 bits per heavy atom. The molecule has 2 fully saturated rings. The van der Waals surface area contributed by atoms with Crippen LogP contribution in [0.5, 0.6) is 0 Å². The number of aromatic nitrogens is 3. The molecular formula is C17H20N4O2. The predicted octanol–water partition coefficient (Wildman–Crippen LogP) is 1.72. The fraction of sp³-hybridized carbons (Fsp3) is 0.471. The number of morpholine rings is 1. The summed E-state index contributed by atoms with van der Waals surface area (Å²) in [5.74, 6) is -0.0236. The van der Waals surface area contributed by atoms with Gasteiger partial charge < -0.3 is 9.64 Å². The molecule has 6 heteroatoms. The molecule has 1 saturated heterocycles. The summed E-state index contributed by atoms with van der Waals surface area (Å²) >= 11 is 0. The molecule has 1 aromatic carbocycles. The van der Waals surface area contributed by atoms with Gasteiger partial charge in [0.2, 0.25) is 0 Å². The van der Waals surface area contributed by atoms with E-state index in [9.17, 15) is 4.79 Å². The quantitative estimate of drug-likeness (QED) is 0.866. The van der Waals surface area contributed by atoms with Crippen LogP contribution in [0.25, 0.3) is 0 Å². The first-order valence-corrected chi connectivity index (χ1v) is 8.18. The maximum atomic E-state index is 12.8. The highest BCUT2D eigenvalue weighted by molar-refractivity contribution is 5.92. The van der Waals surface area contributed by atoms with E-state index in [4.69, 9.17) is 4.74 Å². The molecule has 1 aromatic heterocycles. The van der Waals surface area contributed by atoms with Crippen LogP contribution in [0.1, 0.15) is 35.3 Å². The fourth-order valence-corrected chi connectivity index (χ4v) is 3.57. The number of rotatable bonds is 3. The van der Waals surface area contributed by atoms with Gasteiger partial charge in [-0.15, -0.1) is 5.10 Å². The van der Waals surface area contributed by atoms with Crippen LogP contribution in [0.15, 0.2) is 36.5 Å². The van der Waals surface area contributed by atoms with Gasteiger partial charge in [-0.25, -0.2) is 4.68 Å². The zero-order valence-electron chi connectivity index (χ0n) is 13.0. The first-order chi connectivity index (χ1) is 11.3. The van der Waals surface area contributed by atoms with Gasteiger partial charge in [0.15, 0.2) is 5.69 Å². The molecule has 0 bridgehead atoms. The van der Waals surface area contributed by atoms with Crippen molar-refractivity contribution in [3.8, 4) is 0 Å². The number of nitrogens with zero attached hydrogens (tertiary/aromatic N) is 4. The maximum Gasteiger partial charge on any atom is 0.276 e. The molecule has 0 spiro atoms. The molecule has 2 aromatic rings. The number of amides is 1. The normalized spacial score (nSPS) is 23.7. The molecule has 2 aliphatic rings. The number of carbonyl (C=O) groups is 1. The summed E-state index contributed by atoms with van der Waals surface area (Å²) in [6.07, 6.45) is 5.14. The number of hydrogen-bond acceptors (Lipinski definition) is 4. The van der Waals surface area contributed by atoms with Crippen LogP contribution in [0.3, 0.4) is 0 Å². The average molecular weight is 312 g/mol. The van der Waals surface area contributed by atoms with Gasteiger partial charge in [0.25, 0.3) is 5.91 Å². The van der Waals surface area contributed by atoms with E-state index in [1.165, 1.54) is 0 Å². The highest BCUT2D eigenvalue weighted by atomic mass is 16.5. The lowest BCUT2D eigenvalue weighted by molar-refractivity contribution is -0.0447. The van der Waals surface area contributed by atoms with Crippen molar-refractivity contribution in [3.05, 3.63) is 47.8 Å². The SMILES string of the molecule is O=C(c1cn(Cc2ccccc2)nn1)N1CCO[C@H]2CCC[C@H]21. The molecule has 1 saturated carbocycles. The van der Waals surface area contributed by atoms with Crippen molar-refractivity contribution in [2.45, 2.75) is 38.0 Å². The largest absolute Gasteiger partial charge is 0.374 e. The standard InChI is InChI=1S/C17H20N4O2/c22-17(21-9-10-23-16-8-4-7-15(16)21)14-12-20(19-18-14)11-13-5-2-1-3-6-13/h1-3,5-6,12,15-16H,4,7-11H2/t15-,16+/m1/s1. The van der Waals surface area contributed by atoms with Crippen molar-refractivity contribution in [1.29, 1.82) is 0 Å². The Hall–Kier alpha value is -2.21. The van der Waals surface area contributed by atoms with Crippen LogP contribution >= 0.6 is 0 Å². The molecule has 0 radical (unpaired) electrons. The van der Waals surface area contributed by atoms with Gasteiger partial charge >= 0.3 is 0 Å². The lowest BCUT2D eigenvalue weighted by Gasteiger charge is -2.37. The smallest absolute Gasteiger partial charge is 0.276 e. The topological polar surface area (TPSA) is 60.2 Å². The monoisotopic (exact) mass is 312 g/mol. The first-order valence-electron chi connectivity index (χ1n) is 8.18. The van der Waals surface area contributed by atoms with E-state index in [1.807, 2.05) is 35.2 Å². The van der Waals surface area contributed by atoms with Crippen LogP contribution in [0.4, 0.5) is 0 Å². The van der Waals surface area contributed by atoms with Crippen LogP contribution in [0.2, 0.25) is 0 Å². The van der Waals surface area contributed by atoms with Gasteiger partial charge in [-0.3, -0.25) is 4.79 Å². The molecule has 4 rings (SSSR count). The van der Waals surface area contributed by atoms with Crippen molar-refractivity contribution in [1.82, 2.24) is 19.9 Å². The van der Waals surface area contributed by atoms with Gasteiger partial charge in [-0.2, -0.15) is 0 Å². The van der Waals surface area contributed by atoms with Crippen molar-refractivity contribution in [2.75, 3.05) is 13.2 Å². The Morgan fingerprint density at radius 1 is 1.26 bits per heavy atom. The number of ether oxygens (including phenoxy) is 1. The van der Waals surface area contributed by atoms with Crippen molar-refractivity contribution < 1.29 is 9.53 Å². The summed E-state index contributed by atoms with van der Waals surface area (Å²) in [5, 5.41) is 8.18. The Labute approximate surface area is 135 Å². The molecule has 6 nitrogen and oxygen atoms in total. The van der Waals surface area contributed by atoms with Crippen LogP contribution in [-0.2, 0) is 11.3 Å². The van der Waals surface area contributed by atoms with E-state index < -0.39 is 0 Å². The maximum absolute atomic E-state index is 12.8. The Balaban J connectivity index is 1.48. The molecular weight excluding hydrogens is 292 g/mol. The van der Waals surface area contributed by atoms with Gasteiger partial charge in [0, 0.05) is 6.54 Å². The highest BCUT2D eigenvalue weighted by Gasteiger charge is 2.39. The van der Waals surface area contributed by atoms with Crippen molar-refractivity contribution in [2.24, 2.45) is 0 Å². The zero-order chi connectivity index (χ0) is 15.6. The number of carbonyl (C=O) groups excluding carboxylic acids is 1. The molecule has 0 unspecified atom stereocenters. The zero-order valence-corrected chi connectivity index (χ0v) is 13.0. The molecule has 2 heterocycles. The number of hydrogen-bond donors (Lipinski definition) is 0. The lowest BCUT2D eigenvalue weighted by Crippen LogP contribution is -2.51. The minimum absolute atomic E-state index is 0.0236. The van der Waals surface area contributed by atoms with Crippen LogP contribution in [-0.4, -0.2) is 51.1 Å². The van der Waals surface area contributed by atoms with Gasteiger partial charge in [-0.05, 0) is 24.8 Å². The summed E-state index contributed by atoms with van der Waals surface area (Å²) in [4.78, 5) is 14.7. The predicted molar refractivity (Wildman–Crippen MR) is 84.0 cm³/mol. The van der Waals surface area contributed by atoms with Gasteiger partial charge in [0.1, 0.15) is 0 Å². The molecule has 120 valence electrons. The second-order valence-corrected chi connectivity index (χ2v) is 6.19. The van der Waals surface area contributed by atoms with Gasteiger partial charge in [-0.1, -0.05) is 35.5 Å².